The van der Waals surface area contributed by atoms with Gasteiger partial charge in [-0.25, -0.2) is 4.79 Å². The predicted octanol–water partition coefficient (Wildman–Crippen LogP) is 3.59. The number of furan rings is 1. The number of rotatable bonds is 5. The van der Waals surface area contributed by atoms with Gasteiger partial charge in [-0.3, -0.25) is 4.90 Å². The van der Waals surface area contributed by atoms with Gasteiger partial charge in [-0.15, -0.1) is 0 Å². The smallest absolute Gasteiger partial charge is 0.372 e. The second-order valence-electron chi connectivity index (χ2n) is 5.11. The third-order valence-corrected chi connectivity index (χ3v) is 3.78. The first-order chi connectivity index (χ1) is 9.47. The van der Waals surface area contributed by atoms with Gasteiger partial charge in [-0.05, 0) is 44.1 Å². The van der Waals surface area contributed by atoms with Crippen molar-refractivity contribution in [2.75, 3.05) is 13.1 Å². The van der Waals surface area contributed by atoms with E-state index in [0.717, 1.165) is 30.6 Å². The van der Waals surface area contributed by atoms with Crippen LogP contribution in [0.15, 0.2) is 16.5 Å². The fourth-order valence-corrected chi connectivity index (χ4v) is 2.56. The largest absolute Gasteiger partial charge is 0.475 e. The van der Waals surface area contributed by atoms with Crippen molar-refractivity contribution < 1.29 is 14.3 Å². The van der Waals surface area contributed by atoms with E-state index in [0.29, 0.717) is 11.1 Å². The van der Waals surface area contributed by atoms with Crippen LogP contribution in [0.4, 0.5) is 0 Å². The quantitative estimate of drug-likeness (QED) is 0.906. The zero-order valence-corrected chi connectivity index (χ0v) is 12.5. The van der Waals surface area contributed by atoms with Gasteiger partial charge in [0.15, 0.2) is 0 Å². The van der Waals surface area contributed by atoms with Crippen molar-refractivity contribution in [1.29, 1.82) is 0 Å². The molecule has 0 atom stereocenters. The van der Waals surface area contributed by atoms with Gasteiger partial charge in [-0.1, -0.05) is 19.9 Å². The minimum absolute atomic E-state index is 0.0445. The van der Waals surface area contributed by atoms with Crippen LogP contribution in [0.25, 0.3) is 11.0 Å². The number of aromatic carboxylic acids is 1. The molecule has 1 aromatic carbocycles. The molecule has 0 saturated heterocycles. The Balaban J connectivity index is 2.51. The van der Waals surface area contributed by atoms with Crippen LogP contribution in [0, 0.1) is 13.8 Å². The maximum Gasteiger partial charge on any atom is 0.372 e. The van der Waals surface area contributed by atoms with Crippen LogP contribution in [-0.2, 0) is 6.54 Å². The molecular formula is C16H21NO3. The Labute approximate surface area is 119 Å². The fourth-order valence-electron chi connectivity index (χ4n) is 2.56. The van der Waals surface area contributed by atoms with Crippen molar-refractivity contribution in [1.82, 2.24) is 4.90 Å². The molecule has 0 aliphatic rings. The number of carboxylic acid groups (broad SMARTS) is 1. The Morgan fingerprint density at radius 1 is 1.25 bits per heavy atom. The first-order valence-electron chi connectivity index (χ1n) is 6.96. The molecule has 1 aromatic heterocycles. The van der Waals surface area contributed by atoms with E-state index in [1.54, 1.807) is 6.92 Å². The lowest BCUT2D eigenvalue weighted by Crippen LogP contribution is -2.22. The molecule has 0 spiro atoms. The highest BCUT2D eigenvalue weighted by atomic mass is 16.4. The Morgan fingerprint density at radius 2 is 1.90 bits per heavy atom. The summed E-state index contributed by atoms with van der Waals surface area (Å²) >= 11 is 0. The summed E-state index contributed by atoms with van der Waals surface area (Å²) < 4.78 is 5.49. The summed E-state index contributed by atoms with van der Waals surface area (Å²) in [5.41, 5.74) is 3.57. The van der Waals surface area contributed by atoms with Gasteiger partial charge in [0.05, 0.1) is 0 Å². The first-order valence-corrected chi connectivity index (χ1v) is 6.96. The van der Waals surface area contributed by atoms with E-state index in [4.69, 9.17) is 9.52 Å². The van der Waals surface area contributed by atoms with Crippen LogP contribution in [-0.4, -0.2) is 29.1 Å². The minimum Gasteiger partial charge on any atom is -0.475 e. The summed E-state index contributed by atoms with van der Waals surface area (Å²) in [7, 11) is 0. The van der Waals surface area contributed by atoms with Gasteiger partial charge < -0.3 is 9.52 Å². The SMILES string of the molecule is CCN(CC)Cc1cc(C)c2oc(C(=O)O)c(C)c2c1. The lowest BCUT2D eigenvalue weighted by atomic mass is 10.0. The number of hydrogen-bond acceptors (Lipinski definition) is 3. The van der Waals surface area contributed by atoms with E-state index in [-0.39, 0.29) is 5.76 Å². The normalized spacial score (nSPS) is 11.4. The zero-order chi connectivity index (χ0) is 14.9. The third-order valence-electron chi connectivity index (χ3n) is 3.78. The highest BCUT2D eigenvalue weighted by molar-refractivity contribution is 5.96. The zero-order valence-electron chi connectivity index (χ0n) is 12.5. The van der Waals surface area contributed by atoms with Crippen molar-refractivity contribution in [3.05, 3.63) is 34.6 Å². The van der Waals surface area contributed by atoms with Crippen LogP contribution in [0.5, 0.6) is 0 Å². The van der Waals surface area contributed by atoms with Crippen molar-refractivity contribution >= 4 is 16.9 Å². The number of aryl methyl sites for hydroxylation is 2. The fraction of sp³-hybridized carbons (Fsp3) is 0.438. The third kappa shape index (κ3) is 2.56. The molecule has 1 heterocycles. The lowest BCUT2D eigenvalue weighted by Gasteiger charge is -2.18. The van der Waals surface area contributed by atoms with Crippen LogP contribution in [0.3, 0.4) is 0 Å². The maximum absolute atomic E-state index is 11.2. The van der Waals surface area contributed by atoms with Crippen LogP contribution in [0.2, 0.25) is 0 Å². The number of hydrogen-bond donors (Lipinski definition) is 1. The van der Waals surface area contributed by atoms with Gasteiger partial charge in [0.2, 0.25) is 5.76 Å². The molecule has 4 heteroatoms. The molecule has 108 valence electrons. The molecular weight excluding hydrogens is 254 g/mol. The van der Waals surface area contributed by atoms with Crippen molar-refractivity contribution in [3.63, 3.8) is 0 Å². The average molecular weight is 275 g/mol. The standard InChI is InChI=1S/C16H21NO3/c1-5-17(6-2)9-12-7-10(3)14-13(8-12)11(4)15(20-14)16(18)19/h7-8H,5-6,9H2,1-4H3,(H,18,19). The number of carboxylic acids is 1. The lowest BCUT2D eigenvalue weighted by molar-refractivity contribution is 0.0664. The number of carbonyl (C=O) groups is 1. The van der Waals surface area contributed by atoms with Gasteiger partial charge >= 0.3 is 5.97 Å². The van der Waals surface area contributed by atoms with Crippen LogP contribution >= 0.6 is 0 Å². The maximum atomic E-state index is 11.2. The van der Waals surface area contributed by atoms with Crippen molar-refractivity contribution in [2.45, 2.75) is 34.2 Å². The molecule has 2 aromatic rings. The highest BCUT2D eigenvalue weighted by Crippen LogP contribution is 2.29. The number of nitrogens with zero attached hydrogens (tertiary/aromatic N) is 1. The summed E-state index contributed by atoms with van der Waals surface area (Å²) in [6.07, 6.45) is 0. The molecule has 1 N–H and O–H groups in total. The average Bonchev–Trinajstić information content (AvgIpc) is 2.74. The monoisotopic (exact) mass is 275 g/mol. The predicted molar refractivity (Wildman–Crippen MR) is 79.3 cm³/mol. The molecule has 20 heavy (non-hydrogen) atoms. The van der Waals surface area contributed by atoms with Gasteiger partial charge in [-0.2, -0.15) is 0 Å². The van der Waals surface area contributed by atoms with Crippen LogP contribution in [0.1, 0.15) is 41.1 Å². The molecule has 0 bridgehead atoms. The molecule has 0 amide bonds. The molecule has 0 unspecified atom stereocenters. The summed E-state index contributed by atoms with van der Waals surface area (Å²) in [6, 6.07) is 4.13. The summed E-state index contributed by atoms with van der Waals surface area (Å²) in [5.74, 6) is -0.966. The first kappa shape index (κ1) is 14.6. The van der Waals surface area contributed by atoms with E-state index < -0.39 is 5.97 Å². The number of fused-ring (bicyclic) bond motifs is 1. The van der Waals surface area contributed by atoms with Crippen molar-refractivity contribution in [3.8, 4) is 0 Å². The number of benzene rings is 1. The Morgan fingerprint density at radius 3 is 2.45 bits per heavy atom. The van der Waals surface area contributed by atoms with Gasteiger partial charge in [0.1, 0.15) is 5.58 Å². The highest BCUT2D eigenvalue weighted by Gasteiger charge is 2.18. The second kappa shape index (κ2) is 5.67. The van der Waals surface area contributed by atoms with Crippen LogP contribution < -0.4 is 0 Å². The molecule has 0 saturated carbocycles. The topological polar surface area (TPSA) is 53.7 Å². The second-order valence-corrected chi connectivity index (χ2v) is 5.11. The molecule has 0 aliphatic heterocycles. The molecule has 0 aliphatic carbocycles. The van der Waals surface area contributed by atoms with E-state index in [1.807, 2.05) is 13.0 Å². The summed E-state index contributed by atoms with van der Waals surface area (Å²) in [5, 5.41) is 10.1. The molecule has 0 fully saturated rings. The molecule has 4 nitrogen and oxygen atoms in total. The van der Waals surface area contributed by atoms with Crippen molar-refractivity contribution in [2.24, 2.45) is 0 Å². The Bertz CT molecular complexity index is 639. The van der Waals surface area contributed by atoms with E-state index in [2.05, 4.69) is 24.8 Å². The van der Waals surface area contributed by atoms with Gasteiger partial charge in [0.25, 0.3) is 0 Å². The van der Waals surface area contributed by atoms with E-state index in [9.17, 15) is 4.79 Å². The van der Waals surface area contributed by atoms with E-state index >= 15 is 0 Å². The molecule has 2 rings (SSSR count). The summed E-state index contributed by atoms with van der Waals surface area (Å²) in [6.45, 7) is 10.9. The van der Waals surface area contributed by atoms with E-state index in [1.165, 1.54) is 5.56 Å². The Hall–Kier alpha value is -1.81. The summed E-state index contributed by atoms with van der Waals surface area (Å²) in [4.78, 5) is 13.5. The van der Waals surface area contributed by atoms with Gasteiger partial charge in [0, 0.05) is 17.5 Å². The molecule has 0 radical (unpaired) electrons. The Kier molecular flexibility index (Phi) is 4.14. The minimum atomic E-state index is -1.01.